The SMILES string of the molecule is CC/C=C/CCc1ccc(-c2ccc(-c3ccc(OC(F)F)cc3)c(F)c2)cc1. The number of halogens is 3. The number of ether oxygens (including phenoxy) is 1. The Morgan fingerprint density at radius 3 is 2.10 bits per heavy atom. The molecule has 0 aliphatic heterocycles. The summed E-state index contributed by atoms with van der Waals surface area (Å²) >= 11 is 0. The zero-order valence-corrected chi connectivity index (χ0v) is 16.2. The predicted octanol–water partition coefficient (Wildman–Crippen LogP) is 7.66. The second-order valence-electron chi connectivity index (χ2n) is 6.71. The van der Waals surface area contributed by atoms with Crippen molar-refractivity contribution in [3.05, 3.63) is 90.3 Å². The molecule has 1 nitrogen and oxygen atoms in total. The van der Waals surface area contributed by atoms with Crippen LogP contribution in [0.1, 0.15) is 25.3 Å². The number of aryl methyl sites for hydroxylation is 1. The van der Waals surface area contributed by atoms with Crippen molar-refractivity contribution in [2.75, 3.05) is 0 Å². The highest BCUT2D eigenvalue weighted by molar-refractivity contribution is 5.71. The summed E-state index contributed by atoms with van der Waals surface area (Å²) in [5.74, 6) is -0.315. The second-order valence-corrected chi connectivity index (χ2v) is 6.71. The van der Waals surface area contributed by atoms with Gasteiger partial charge < -0.3 is 4.74 Å². The van der Waals surface area contributed by atoms with Crippen molar-refractivity contribution in [2.24, 2.45) is 0 Å². The summed E-state index contributed by atoms with van der Waals surface area (Å²) in [6.45, 7) is -0.761. The Morgan fingerprint density at radius 1 is 0.828 bits per heavy atom. The number of benzene rings is 3. The Morgan fingerprint density at radius 2 is 1.48 bits per heavy atom. The molecule has 0 bridgehead atoms. The van der Waals surface area contributed by atoms with Gasteiger partial charge in [-0.3, -0.25) is 0 Å². The van der Waals surface area contributed by atoms with Gasteiger partial charge in [-0.1, -0.05) is 67.6 Å². The van der Waals surface area contributed by atoms with E-state index in [-0.39, 0.29) is 11.6 Å². The minimum absolute atomic E-state index is 0.0473. The number of allylic oxidation sites excluding steroid dienone is 2. The van der Waals surface area contributed by atoms with Crippen LogP contribution >= 0.6 is 0 Å². The van der Waals surface area contributed by atoms with Gasteiger partial charge in [0.1, 0.15) is 11.6 Å². The lowest BCUT2D eigenvalue weighted by Crippen LogP contribution is -2.01. The number of alkyl halides is 2. The first kappa shape index (κ1) is 20.7. The second kappa shape index (κ2) is 9.97. The van der Waals surface area contributed by atoms with Gasteiger partial charge >= 0.3 is 6.61 Å². The van der Waals surface area contributed by atoms with Gasteiger partial charge in [0.15, 0.2) is 0 Å². The molecule has 3 rings (SSSR count). The molecule has 29 heavy (non-hydrogen) atoms. The van der Waals surface area contributed by atoms with Gasteiger partial charge in [-0.05, 0) is 59.7 Å². The smallest absolute Gasteiger partial charge is 0.387 e. The Balaban J connectivity index is 1.73. The first-order valence-corrected chi connectivity index (χ1v) is 9.66. The minimum atomic E-state index is -2.88. The van der Waals surface area contributed by atoms with Gasteiger partial charge in [0, 0.05) is 5.56 Å². The highest BCUT2D eigenvalue weighted by atomic mass is 19.3. The fraction of sp³-hybridized carbons (Fsp3) is 0.200. The monoisotopic (exact) mass is 396 g/mol. The molecule has 3 aromatic rings. The Hall–Kier alpha value is -3.01. The molecule has 150 valence electrons. The van der Waals surface area contributed by atoms with Crippen molar-refractivity contribution in [3.63, 3.8) is 0 Å². The average molecular weight is 396 g/mol. The molecule has 0 heterocycles. The molecular weight excluding hydrogens is 373 g/mol. The van der Waals surface area contributed by atoms with Crippen molar-refractivity contribution >= 4 is 0 Å². The minimum Gasteiger partial charge on any atom is -0.435 e. The van der Waals surface area contributed by atoms with Crippen molar-refractivity contribution in [1.82, 2.24) is 0 Å². The van der Waals surface area contributed by atoms with Gasteiger partial charge in [0.2, 0.25) is 0 Å². The Labute approximate surface area is 169 Å². The van der Waals surface area contributed by atoms with Gasteiger partial charge in [-0.25, -0.2) is 4.39 Å². The van der Waals surface area contributed by atoms with Crippen LogP contribution in [0.25, 0.3) is 22.3 Å². The van der Waals surface area contributed by atoms with Crippen LogP contribution in [0.4, 0.5) is 13.2 Å². The van der Waals surface area contributed by atoms with Crippen LogP contribution < -0.4 is 4.74 Å². The van der Waals surface area contributed by atoms with E-state index >= 15 is 0 Å². The maximum atomic E-state index is 14.7. The molecular formula is C25H23F3O. The normalized spacial score (nSPS) is 11.3. The van der Waals surface area contributed by atoms with Crippen LogP contribution in [-0.2, 0) is 6.42 Å². The Kier molecular flexibility index (Phi) is 7.12. The number of rotatable bonds is 8. The third kappa shape index (κ3) is 5.74. The van der Waals surface area contributed by atoms with E-state index in [9.17, 15) is 13.2 Å². The molecule has 0 radical (unpaired) electrons. The van der Waals surface area contributed by atoms with Crippen LogP contribution in [0.3, 0.4) is 0 Å². The van der Waals surface area contributed by atoms with E-state index in [2.05, 4.69) is 35.9 Å². The fourth-order valence-electron chi connectivity index (χ4n) is 3.14. The summed E-state index contributed by atoms with van der Waals surface area (Å²) in [6, 6.07) is 19.2. The summed E-state index contributed by atoms with van der Waals surface area (Å²) in [5, 5.41) is 0. The summed E-state index contributed by atoms with van der Waals surface area (Å²) in [5.41, 5.74) is 4.01. The van der Waals surface area contributed by atoms with E-state index in [1.807, 2.05) is 18.2 Å². The van der Waals surface area contributed by atoms with Crippen molar-refractivity contribution < 1.29 is 17.9 Å². The van der Waals surface area contributed by atoms with E-state index in [1.165, 1.54) is 23.8 Å². The maximum absolute atomic E-state index is 14.7. The maximum Gasteiger partial charge on any atom is 0.387 e. The van der Waals surface area contributed by atoms with Crippen LogP contribution in [0.5, 0.6) is 5.75 Å². The van der Waals surface area contributed by atoms with Crippen LogP contribution in [-0.4, -0.2) is 6.61 Å². The quantitative estimate of drug-likeness (QED) is 0.355. The zero-order valence-electron chi connectivity index (χ0n) is 16.2. The standard InChI is InChI=1S/C25H23F3O/c1-2-3-4-5-6-18-7-9-19(10-8-18)21-13-16-23(24(26)17-21)20-11-14-22(15-12-20)29-25(27)28/h3-4,7-17,25H,2,5-6H2,1H3/b4-3+. The molecule has 4 heteroatoms. The fourth-order valence-corrected chi connectivity index (χ4v) is 3.14. The number of hydrogen-bond acceptors (Lipinski definition) is 1. The molecule has 0 aromatic heterocycles. The molecule has 3 aromatic carbocycles. The van der Waals surface area contributed by atoms with E-state index in [0.717, 1.165) is 30.4 Å². The van der Waals surface area contributed by atoms with Crippen molar-refractivity contribution in [3.8, 4) is 28.0 Å². The lowest BCUT2D eigenvalue weighted by Gasteiger charge is -2.09. The molecule has 0 N–H and O–H groups in total. The molecule has 0 atom stereocenters. The zero-order chi connectivity index (χ0) is 20.6. The number of hydrogen-bond donors (Lipinski definition) is 0. The average Bonchev–Trinajstić information content (AvgIpc) is 2.72. The third-order valence-electron chi connectivity index (χ3n) is 4.65. The summed E-state index contributed by atoms with van der Waals surface area (Å²) in [4.78, 5) is 0. The first-order chi connectivity index (χ1) is 14.1. The molecule has 0 unspecified atom stereocenters. The summed E-state index contributed by atoms with van der Waals surface area (Å²) in [7, 11) is 0. The molecule has 0 saturated carbocycles. The van der Waals surface area contributed by atoms with Crippen molar-refractivity contribution in [2.45, 2.75) is 32.8 Å². The lowest BCUT2D eigenvalue weighted by atomic mass is 9.98. The molecule has 0 amide bonds. The van der Waals surface area contributed by atoms with Crippen molar-refractivity contribution in [1.29, 1.82) is 0 Å². The highest BCUT2D eigenvalue weighted by Crippen LogP contribution is 2.29. The molecule has 0 spiro atoms. The molecule has 0 saturated heterocycles. The first-order valence-electron chi connectivity index (χ1n) is 9.66. The Bertz CT molecular complexity index is 945. The van der Waals surface area contributed by atoms with Gasteiger partial charge in [-0.15, -0.1) is 0 Å². The van der Waals surface area contributed by atoms with Crippen LogP contribution in [0.2, 0.25) is 0 Å². The molecule has 0 aliphatic rings. The predicted molar refractivity (Wildman–Crippen MR) is 112 cm³/mol. The lowest BCUT2D eigenvalue weighted by molar-refractivity contribution is -0.0498. The van der Waals surface area contributed by atoms with Gasteiger partial charge in [0.25, 0.3) is 0 Å². The molecule has 0 fully saturated rings. The highest BCUT2D eigenvalue weighted by Gasteiger charge is 2.09. The van der Waals surface area contributed by atoms with E-state index in [0.29, 0.717) is 11.1 Å². The summed E-state index contributed by atoms with van der Waals surface area (Å²) < 4.78 is 43.5. The topological polar surface area (TPSA) is 9.23 Å². The van der Waals surface area contributed by atoms with E-state index < -0.39 is 6.61 Å². The molecule has 0 aliphatic carbocycles. The van der Waals surface area contributed by atoms with Crippen LogP contribution in [0, 0.1) is 5.82 Å². The van der Waals surface area contributed by atoms with Gasteiger partial charge in [-0.2, -0.15) is 8.78 Å². The van der Waals surface area contributed by atoms with E-state index in [1.54, 1.807) is 18.2 Å². The van der Waals surface area contributed by atoms with E-state index in [4.69, 9.17) is 0 Å². The third-order valence-corrected chi connectivity index (χ3v) is 4.65. The van der Waals surface area contributed by atoms with Crippen LogP contribution in [0.15, 0.2) is 78.9 Å². The summed E-state index contributed by atoms with van der Waals surface area (Å²) in [6.07, 6.45) is 7.40. The largest absolute Gasteiger partial charge is 0.435 e. The van der Waals surface area contributed by atoms with Gasteiger partial charge in [0.05, 0.1) is 0 Å².